The molecule has 0 bridgehead atoms. The zero-order valence-electron chi connectivity index (χ0n) is 20.1. The number of methoxy groups -OCH3 is 2. The standard InChI is InChI=1S/C29H29N3O3/c1-5-23(32-6-2)18-31-19-27-28(33-3)15-24(16-29(27)34-4)35-20-22-13-10-14-25(26(22)17-30)21-11-8-7-9-12-21/h5-16,31H,1-2,18-20H2,3-4H3. The Kier molecular flexibility index (Phi) is 9.23. The first kappa shape index (κ1) is 25.3. The van der Waals surface area contributed by atoms with Gasteiger partial charge in [0.05, 0.1) is 31.1 Å². The monoisotopic (exact) mass is 467 g/mol. The largest absolute Gasteiger partial charge is 0.496 e. The number of nitrogens with zero attached hydrogens (tertiary/aromatic N) is 2. The molecule has 0 aliphatic heterocycles. The van der Waals surface area contributed by atoms with E-state index in [0.717, 1.165) is 28.0 Å². The second-order valence-corrected chi connectivity index (χ2v) is 7.52. The number of nitriles is 1. The highest BCUT2D eigenvalue weighted by atomic mass is 16.5. The number of hydrogen-bond donors (Lipinski definition) is 1. The molecule has 0 atom stereocenters. The van der Waals surface area contributed by atoms with Crippen LogP contribution in [0.25, 0.3) is 11.1 Å². The molecule has 0 amide bonds. The Balaban J connectivity index is 1.81. The molecule has 178 valence electrons. The number of benzene rings is 3. The Morgan fingerprint density at radius 3 is 2.34 bits per heavy atom. The van der Waals surface area contributed by atoms with E-state index in [2.05, 4.69) is 29.5 Å². The lowest BCUT2D eigenvalue weighted by Gasteiger charge is -2.17. The van der Waals surface area contributed by atoms with Gasteiger partial charge in [0.25, 0.3) is 0 Å². The van der Waals surface area contributed by atoms with E-state index >= 15 is 0 Å². The molecule has 0 aliphatic carbocycles. The Morgan fingerprint density at radius 1 is 1.03 bits per heavy atom. The number of hydrogen-bond acceptors (Lipinski definition) is 6. The van der Waals surface area contributed by atoms with E-state index in [1.54, 1.807) is 20.3 Å². The van der Waals surface area contributed by atoms with Gasteiger partial charge in [-0.1, -0.05) is 61.7 Å². The van der Waals surface area contributed by atoms with Gasteiger partial charge in [-0.15, -0.1) is 0 Å². The molecular weight excluding hydrogens is 438 g/mol. The number of nitrogens with one attached hydrogen (secondary N) is 1. The smallest absolute Gasteiger partial charge is 0.130 e. The van der Waals surface area contributed by atoms with Crippen LogP contribution in [0.5, 0.6) is 17.2 Å². The minimum Gasteiger partial charge on any atom is -0.496 e. The summed E-state index contributed by atoms with van der Waals surface area (Å²) < 4.78 is 17.3. The minimum atomic E-state index is 0.230. The van der Waals surface area contributed by atoms with Crippen LogP contribution in [0.4, 0.5) is 0 Å². The van der Waals surface area contributed by atoms with Crippen molar-refractivity contribution < 1.29 is 14.2 Å². The van der Waals surface area contributed by atoms with Crippen LogP contribution in [0.3, 0.4) is 0 Å². The van der Waals surface area contributed by atoms with Crippen molar-refractivity contribution in [2.24, 2.45) is 4.99 Å². The number of aliphatic imine (C=N–C) groups is 1. The van der Waals surface area contributed by atoms with E-state index < -0.39 is 0 Å². The van der Waals surface area contributed by atoms with E-state index in [1.165, 1.54) is 6.20 Å². The van der Waals surface area contributed by atoms with Crippen molar-refractivity contribution >= 4 is 5.71 Å². The molecule has 0 fully saturated rings. The lowest BCUT2D eigenvalue weighted by molar-refractivity contribution is 0.299. The summed E-state index contributed by atoms with van der Waals surface area (Å²) in [6.45, 7) is 8.62. The summed E-state index contributed by atoms with van der Waals surface area (Å²) in [5.41, 5.74) is 4.90. The van der Waals surface area contributed by atoms with Gasteiger partial charge < -0.3 is 19.5 Å². The van der Waals surface area contributed by atoms with Crippen LogP contribution in [0, 0.1) is 11.3 Å². The van der Waals surface area contributed by atoms with Crippen molar-refractivity contribution in [2.45, 2.75) is 13.2 Å². The van der Waals surface area contributed by atoms with Gasteiger partial charge in [0.1, 0.15) is 29.9 Å². The van der Waals surface area contributed by atoms with Crippen LogP contribution in [-0.2, 0) is 13.2 Å². The average Bonchev–Trinajstić information content (AvgIpc) is 2.91. The van der Waals surface area contributed by atoms with Crippen molar-refractivity contribution in [1.29, 1.82) is 5.26 Å². The van der Waals surface area contributed by atoms with E-state index in [1.807, 2.05) is 60.7 Å². The molecule has 35 heavy (non-hydrogen) atoms. The van der Waals surface area contributed by atoms with Crippen LogP contribution >= 0.6 is 0 Å². The summed E-state index contributed by atoms with van der Waals surface area (Å²) in [5.74, 6) is 1.84. The zero-order chi connectivity index (χ0) is 25.0. The van der Waals surface area contributed by atoms with Crippen molar-refractivity contribution in [1.82, 2.24) is 5.32 Å². The summed E-state index contributed by atoms with van der Waals surface area (Å²) in [4.78, 5) is 4.16. The van der Waals surface area contributed by atoms with Crippen LogP contribution in [0.1, 0.15) is 16.7 Å². The maximum atomic E-state index is 9.86. The lowest BCUT2D eigenvalue weighted by Crippen LogP contribution is -2.21. The highest BCUT2D eigenvalue weighted by molar-refractivity contribution is 5.96. The zero-order valence-corrected chi connectivity index (χ0v) is 20.1. The fraction of sp³-hybridized carbons (Fsp3) is 0.172. The van der Waals surface area contributed by atoms with Gasteiger partial charge in [0.2, 0.25) is 0 Å². The fourth-order valence-corrected chi connectivity index (χ4v) is 3.69. The van der Waals surface area contributed by atoms with Crippen molar-refractivity contribution in [3.8, 4) is 34.4 Å². The first-order valence-electron chi connectivity index (χ1n) is 11.1. The van der Waals surface area contributed by atoms with E-state index in [9.17, 15) is 5.26 Å². The Morgan fingerprint density at radius 2 is 1.74 bits per heavy atom. The molecule has 3 aromatic carbocycles. The third-order valence-electron chi connectivity index (χ3n) is 5.42. The molecule has 0 unspecified atom stereocenters. The second kappa shape index (κ2) is 12.8. The summed E-state index contributed by atoms with van der Waals surface area (Å²) in [6, 6.07) is 21.6. The van der Waals surface area contributed by atoms with Gasteiger partial charge in [0.15, 0.2) is 0 Å². The molecular formula is C29H29N3O3. The molecule has 6 nitrogen and oxygen atoms in total. The minimum absolute atomic E-state index is 0.230. The van der Waals surface area contributed by atoms with Gasteiger partial charge in [-0.3, -0.25) is 4.99 Å². The molecule has 1 N–H and O–H groups in total. The quantitative estimate of drug-likeness (QED) is 0.347. The Hall–Kier alpha value is -4.34. The average molecular weight is 468 g/mol. The molecule has 0 saturated carbocycles. The third-order valence-corrected chi connectivity index (χ3v) is 5.42. The van der Waals surface area contributed by atoms with Crippen LogP contribution in [-0.4, -0.2) is 26.5 Å². The van der Waals surface area contributed by atoms with Gasteiger partial charge in [-0.2, -0.15) is 5.26 Å². The summed E-state index contributed by atoms with van der Waals surface area (Å²) in [5, 5.41) is 13.2. The van der Waals surface area contributed by atoms with Gasteiger partial charge >= 0.3 is 0 Å². The van der Waals surface area contributed by atoms with Gasteiger partial charge in [-0.05, 0) is 17.2 Å². The molecule has 3 rings (SSSR count). The van der Waals surface area contributed by atoms with Crippen LogP contribution < -0.4 is 19.5 Å². The predicted octanol–water partition coefficient (Wildman–Crippen LogP) is 5.68. The highest BCUT2D eigenvalue weighted by Gasteiger charge is 2.15. The maximum Gasteiger partial charge on any atom is 0.130 e. The summed E-state index contributed by atoms with van der Waals surface area (Å²) in [6.07, 6.45) is 3.17. The van der Waals surface area contributed by atoms with Crippen LogP contribution in [0.2, 0.25) is 0 Å². The Labute approximate surface area is 206 Å². The van der Waals surface area contributed by atoms with Crippen molar-refractivity contribution in [3.63, 3.8) is 0 Å². The predicted molar refractivity (Wildman–Crippen MR) is 140 cm³/mol. The topological polar surface area (TPSA) is 75.9 Å². The molecule has 0 radical (unpaired) electrons. The molecule has 0 saturated heterocycles. The maximum absolute atomic E-state index is 9.86. The molecule has 0 heterocycles. The first-order valence-corrected chi connectivity index (χ1v) is 11.1. The molecule has 0 spiro atoms. The normalized spacial score (nSPS) is 10.8. The highest BCUT2D eigenvalue weighted by Crippen LogP contribution is 2.35. The molecule has 0 aromatic heterocycles. The Bertz CT molecular complexity index is 1220. The van der Waals surface area contributed by atoms with Gasteiger partial charge in [0, 0.05) is 37.0 Å². The van der Waals surface area contributed by atoms with Crippen molar-refractivity contribution in [2.75, 3.05) is 20.8 Å². The summed E-state index contributed by atoms with van der Waals surface area (Å²) in [7, 11) is 3.21. The number of rotatable bonds is 12. The van der Waals surface area contributed by atoms with E-state index in [4.69, 9.17) is 14.2 Å². The SMILES string of the molecule is C=CN=C(C=C)CNCc1c(OC)cc(OCc2cccc(-c3ccccc3)c2C#N)cc1OC. The molecule has 0 aliphatic rings. The lowest BCUT2D eigenvalue weighted by atomic mass is 9.96. The van der Waals surface area contributed by atoms with E-state index in [0.29, 0.717) is 35.9 Å². The number of ether oxygens (including phenoxy) is 3. The summed E-state index contributed by atoms with van der Waals surface area (Å²) >= 11 is 0. The van der Waals surface area contributed by atoms with E-state index in [-0.39, 0.29) is 6.61 Å². The van der Waals surface area contributed by atoms with Gasteiger partial charge in [-0.25, -0.2) is 0 Å². The van der Waals surface area contributed by atoms with Crippen LogP contribution in [0.15, 0.2) is 91.1 Å². The second-order valence-electron chi connectivity index (χ2n) is 7.52. The van der Waals surface area contributed by atoms with Crippen molar-refractivity contribution in [3.05, 3.63) is 103 Å². The molecule has 6 heteroatoms. The first-order chi connectivity index (χ1) is 17.1. The third kappa shape index (κ3) is 6.38. The fourth-order valence-electron chi connectivity index (χ4n) is 3.69. The molecule has 3 aromatic rings.